The number of aliphatic hydroxyl groups is 1. The highest BCUT2D eigenvalue weighted by atomic mass is 19.1. The number of ether oxygens (including phenoxy) is 2. The van der Waals surface area contributed by atoms with E-state index >= 15 is 0 Å². The van der Waals surface area contributed by atoms with E-state index in [1.54, 1.807) is 12.1 Å². The van der Waals surface area contributed by atoms with Crippen LogP contribution in [0.5, 0.6) is 5.75 Å². The van der Waals surface area contributed by atoms with Crippen LogP contribution in [0.25, 0.3) is 0 Å². The first-order valence-electron chi connectivity index (χ1n) is 6.77. The Bertz CT molecular complexity index is 400. The molecule has 0 radical (unpaired) electrons. The maximum Gasteiger partial charge on any atom is 0.132 e. The van der Waals surface area contributed by atoms with E-state index in [2.05, 4.69) is 0 Å². The van der Waals surface area contributed by atoms with Crippen LogP contribution in [0.2, 0.25) is 0 Å². The second-order valence-corrected chi connectivity index (χ2v) is 5.09. The highest BCUT2D eigenvalue weighted by Gasteiger charge is 2.21. The zero-order chi connectivity index (χ0) is 13.7. The lowest BCUT2D eigenvalue weighted by atomic mass is 9.88. The normalized spacial score (nSPS) is 23.3. The summed E-state index contributed by atoms with van der Waals surface area (Å²) < 4.78 is 24.4. The summed E-state index contributed by atoms with van der Waals surface area (Å²) in [6.07, 6.45) is 4.06. The quantitative estimate of drug-likeness (QED) is 0.892. The highest BCUT2D eigenvalue weighted by Crippen LogP contribution is 2.27. The maximum absolute atomic E-state index is 13.7. The highest BCUT2D eigenvalue weighted by molar-refractivity contribution is 5.28. The van der Waals surface area contributed by atoms with Crippen molar-refractivity contribution in [2.24, 2.45) is 5.92 Å². The van der Waals surface area contributed by atoms with E-state index in [0.717, 1.165) is 25.7 Å². The van der Waals surface area contributed by atoms with Crippen molar-refractivity contribution in [2.75, 3.05) is 13.7 Å². The predicted octanol–water partition coefficient (Wildman–Crippen LogP) is 2.90. The number of hydrogen-bond donors (Lipinski definition) is 1. The lowest BCUT2D eigenvalue weighted by molar-refractivity contribution is 0.000136. The van der Waals surface area contributed by atoms with Gasteiger partial charge in [-0.1, -0.05) is 6.07 Å². The molecule has 1 N–H and O–H groups in total. The van der Waals surface area contributed by atoms with Crippen LogP contribution in [0.4, 0.5) is 4.39 Å². The Balaban J connectivity index is 1.82. The first kappa shape index (κ1) is 14.3. The molecule has 1 aliphatic carbocycles. The third kappa shape index (κ3) is 3.91. The minimum atomic E-state index is -0.289. The topological polar surface area (TPSA) is 38.7 Å². The molecule has 106 valence electrons. The molecule has 0 saturated heterocycles. The molecule has 0 amide bonds. The van der Waals surface area contributed by atoms with Gasteiger partial charge >= 0.3 is 0 Å². The van der Waals surface area contributed by atoms with Gasteiger partial charge in [0, 0.05) is 18.2 Å². The number of hydrogen-bond acceptors (Lipinski definition) is 3. The van der Waals surface area contributed by atoms with Crippen molar-refractivity contribution in [1.29, 1.82) is 0 Å². The van der Waals surface area contributed by atoms with E-state index in [9.17, 15) is 4.39 Å². The third-order valence-electron chi connectivity index (χ3n) is 3.79. The lowest BCUT2D eigenvalue weighted by Gasteiger charge is -2.27. The second-order valence-electron chi connectivity index (χ2n) is 5.09. The van der Waals surface area contributed by atoms with Crippen molar-refractivity contribution in [3.05, 3.63) is 29.6 Å². The first-order valence-corrected chi connectivity index (χ1v) is 6.77. The molecule has 0 atom stereocenters. The van der Waals surface area contributed by atoms with Gasteiger partial charge < -0.3 is 14.6 Å². The zero-order valence-electron chi connectivity index (χ0n) is 11.3. The minimum Gasteiger partial charge on any atom is -0.497 e. The van der Waals surface area contributed by atoms with Crippen LogP contribution in [-0.2, 0) is 11.3 Å². The Morgan fingerprint density at radius 2 is 2.00 bits per heavy atom. The molecule has 2 rings (SSSR count). The van der Waals surface area contributed by atoms with Gasteiger partial charge in [0.25, 0.3) is 0 Å². The Morgan fingerprint density at radius 1 is 1.26 bits per heavy atom. The van der Waals surface area contributed by atoms with Crippen molar-refractivity contribution in [3.8, 4) is 5.75 Å². The number of halogens is 1. The van der Waals surface area contributed by atoms with Crippen LogP contribution in [0.1, 0.15) is 31.2 Å². The van der Waals surface area contributed by atoms with E-state index in [0.29, 0.717) is 23.8 Å². The van der Waals surface area contributed by atoms with E-state index in [4.69, 9.17) is 14.6 Å². The molecule has 0 unspecified atom stereocenters. The molecule has 0 heterocycles. The molecule has 1 aromatic carbocycles. The van der Waals surface area contributed by atoms with Crippen LogP contribution < -0.4 is 4.74 Å². The van der Waals surface area contributed by atoms with E-state index in [1.165, 1.54) is 13.2 Å². The summed E-state index contributed by atoms with van der Waals surface area (Å²) in [7, 11) is 1.52. The number of benzene rings is 1. The van der Waals surface area contributed by atoms with Crippen LogP contribution in [0, 0.1) is 11.7 Å². The predicted molar refractivity (Wildman–Crippen MR) is 70.6 cm³/mol. The van der Waals surface area contributed by atoms with Gasteiger partial charge in [-0.05, 0) is 37.7 Å². The molecule has 1 aliphatic rings. The molecule has 0 aliphatic heterocycles. The molecule has 19 heavy (non-hydrogen) atoms. The Hall–Kier alpha value is -1.13. The molecule has 3 nitrogen and oxygen atoms in total. The van der Waals surface area contributed by atoms with Gasteiger partial charge in [-0.25, -0.2) is 4.39 Å². The third-order valence-corrected chi connectivity index (χ3v) is 3.79. The molecule has 0 bridgehead atoms. The van der Waals surface area contributed by atoms with Gasteiger partial charge in [0.1, 0.15) is 11.6 Å². The van der Waals surface area contributed by atoms with Crippen LogP contribution >= 0.6 is 0 Å². The van der Waals surface area contributed by atoms with Crippen LogP contribution in [0.15, 0.2) is 18.2 Å². The summed E-state index contributed by atoms with van der Waals surface area (Å²) in [6.45, 7) is 0.560. The summed E-state index contributed by atoms with van der Waals surface area (Å²) in [5.74, 6) is 0.644. The fourth-order valence-electron chi connectivity index (χ4n) is 2.46. The van der Waals surface area contributed by atoms with Crippen LogP contribution in [-0.4, -0.2) is 24.9 Å². The van der Waals surface area contributed by atoms with Gasteiger partial charge in [-0.15, -0.1) is 0 Å². The average Bonchev–Trinajstić information content (AvgIpc) is 2.46. The van der Waals surface area contributed by atoms with Gasteiger partial charge in [0.2, 0.25) is 0 Å². The van der Waals surface area contributed by atoms with Gasteiger partial charge in [0.15, 0.2) is 0 Å². The van der Waals surface area contributed by atoms with Crippen molar-refractivity contribution in [1.82, 2.24) is 0 Å². The molecule has 1 aromatic rings. The summed E-state index contributed by atoms with van der Waals surface area (Å²) in [5, 5.41) is 9.07. The van der Waals surface area contributed by atoms with Gasteiger partial charge in [0.05, 0.1) is 19.8 Å². The van der Waals surface area contributed by atoms with E-state index < -0.39 is 0 Å². The first-order chi connectivity index (χ1) is 9.22. The molecular weight excluding hydrogens is 247 g/mol. The fourth-order valence-corrected chi connectivity index (χ4v) is 2.46. The molecule has 1 fully saturated rings. The molecule has 0 spiro atoms. The average molecular weight is 268 g/mol. The smallest absolute Gasteiger partial charge is 0.132 e. The Kier molecular flexibility index (Phi) is 5.16. The standard InChI is InChI=1S/C15H21FO3/c1-18-14-7-4-12(15(16)8-14)10-19-13-5-2-11(9-17)3-6-13/h4,7-8,11,13,17H,2-3,5-6,9-10H2,1H3. The number of rotatable bonds is 5. The summed E-state index contributed by atoms with van der Waals surface area (Å²) in [5.41, 5.74) is 0.560. The van der Waals surface area contributed by atoms with Crippen molar-refractivity contribution < 1.29 is 19.0 Å². The van der Waals surface area contributed by atoms with Crippen molar-refractivity contribution in [3.63, 3.8) is 0 Å². The van der Waals surface area contributed by atoms with Crippen molar-refractivity contribution in [2.45, 2.75) is 38.4 Å². The summed E-state index contributed by atoms with van der Waals surface area (Å²) in [4.78, 5) is 0. The fraction of sp³-hybridized carbons (Fsp3) is 0.600. The SMILES string of the molecule is COc1ccc(COC2CCC(CO)CC2)c(F)c1. The lowest BCUT2D eigenvalue weighted by Crippen LogP contribution is -2.23. The summed E-state index contributed by atoms with van der Waals surface area (Å²) >= 11 is 0. The largest absolute Gasteiger partial charge is 0.497 e. The Morgan fingerprint density at radius 3 is 2.58 bits per heavy atom. The van der Waals surface area contributed by atoms with Crippen LogP contribution in [0.3, 0.4) is 0 Å². The molecule has 0 aromatic heterocycles. The number of aliphatic hydroxyl groups excluding tert-OH is 1. The molecule has 1 saturated carbocycles. The maximum atomic E-state index is 13.7. The molecular formula is C15H21FO3. The van der Waals surface area contributed by atoms with Crippen molar-refractivity contribution >= 4 is 0 Å². The summed E-state index contributed by atoms with van der Waals surface area (Å²) in [6, 6.07) is 4.82. The number of methoxy groups -OCH3 is 1. The minimum absolute atomic E-state index is 0.185. The Labute approximate surface area is 113 Å². The van der Waals surface area contributed by atoms with E-state index in [-0.39, 0.29) is 18.5 Å². The van der Waals surface area contributed by atoms with Gasteiger partial charge in [-0.3, -0.25) is 0 Å². The van der Waals surface area contributed by atoms with Gasteiger partial charge in [-0.2, -0.15) is 0 Å². The van der Waals surface area contributed by atoms with E-state index in [1.807, 2.05) is 0 Å². The zero-order valence-corrected chi connectivity index (χ0v) is 11.3. The monoisotopic (exact) mass is 268 g/mol. The second kappa shape index (κ2) is 6.87. The molecule has 4 heteroatoms.